The first kappa shape index (κ1) is 16.1. The fraction of sp³-hybridized carbons (Fsp3) is 0.250. The molecule has 0 aliphatic carbocycles. The molecule has 0 amide bonds. The first-order valence-electron chi connectivity index (χ1n) is 6.59. The van der Waals surface area contributed by atoms with Gasteiger partial charge >= 0.3 is 0 Å². The van der Waals surface area contributed by atoms with Crippen LogP contribution in [0.15, 0.2) is 36.4 Å². The minimum atomic E-state index is -0.433. The lowest BCUT2D eigenvalue weighted by atomic mass is 9.97. The molecule has 0 saturated heterocycles. The highest BCUT2D eigenvalue weighted by atomic mass is 35.5. The Labute approximate surface area is 133 Å². The Morgan fingerprint density at radius 2 is 2.00 bits per heavy atom. The summed E-state index contributed by atoms with van der Waals surface area (Å²) in [5.74, 6) is 0.264. The van der Waals surface area contributed by atoms with Gasteiger partial charge in [-0.3, -0.25) is 0 Å². The first-order chi connectivity index (χ1) is 10.1. The van der Waals surface area contributed by atoms with Crippen molar-refractivity contribution in [3.05, 3.63) is 63.4 Å². The Hall–Kier alpha value is -1.29. The molecule has 1 N–H and O–H groups in total. The second-order valence-electron chi connectivity index (χ2n) is 4.51. The quantitative estimate of drug-likeness (QED) is 0.848. The van der Waals surface area contributed by atoms with E-state index < -0.39 is 6.04 Å². The van der Waals surface area contributed by atoms with Crippen LogP contribution in [0, 0.1) is 5.82 Å². The lowest BCUT2D eigenvalue weighted by molar-refractivity contribution is 0.403. The molecule has 0 saturated carbocycles. The zero-order valence-electron chi connectivity index (χ0n) is 11.8. The summed E-state index contributed by atoms with van der Waals surface area (Å²) in [4.78, 5) is 0. The molecule has 0 bridgehead atoms. The van der Waals surface area contributed by atoms with Gasteiger partial charge in [-0.15, -0.1) is 0 Å². The van der Waals surface area contributed by atoms with Gasteiger partial charge in [0.05, 0.1) is 13.2 Å². The number of nitrogens with one attached hydrogen (secondary N) is 1. The Balaban J connectivity index is 2.61. The van der Waals surface area contributed by atoms with Gasteiger partial charge in [-0.05, 0) is 36.9 Å². The summed E-state index contributed by atoms with van der Waals surface area (Å²) in [6.07, 6.45) is 0. The van der Waals surface area contributed by atoms with E-state index in [0.29, 0.717) is 27.9 Å². The van der Waals surface area contributed by atoms with E-state index in [4.69, 9.17) is 27.9 Å². The van der Waals surface area contributed by atoms with Gasteiger partial charge in [0.1, 0.15) is 11.6 Å². The summed E-state index contributed by atoms with van der Waals surface area (Å²) in [6.45, 7) is 2.59. The van der Waals surface area contributed by atoms with Crippen molar-refractivity contribution in [1.29, 1.82) is 0 Å². The van der Waals surface area contributed by atoms with E-state index in [0.717, 1.165) is 5.56 Å². The fourth-order valence-corrected chi connectivity index (χ4v) is 2.74. The van der Waals surface area contributed by atoms with Crippen LogP contribution in [0.2, 0.25) is 10.0 Å². The highest BCUT2D eigenvalue weighted by molar-refractivity contribution is 6.31. The van der Waals surface area contributed by atoms with Crippen LogP contribution in [0.25, 0.3) is 0 Å². The van der Waals surface area contributed by atoms with Crippen LogP contribution in [0.4, 0.5) is 4.39 Å². The van der Waals surface area contributed by atoms with E-state index in [-0.39, 0.29) is 5.82 Å². The van der Waals surface area contributed by atoms with Crippen molar-refractivity contribution in [2.45, 2.75) is 13.0 Å². The van der Waals surface area contributed by atoms with E-state index >= 15 is 0 Å². The molecule has 2 rings (SSSR count). The van der Waals surface area contributed by atoms with Crippen LogP contribution in [-0.4, -0.2) is 13.7 Å². The van der Waals surface area contributed by atoms with Crippen molar-refractivity contribution in [2.24, 2.45) is 0 Å². The molecule has 0 heterocycles. The van der Waals surface area contributed by atoms with Crippen molar-refractivity contribution in [1.82, 2.24) is 5.32 Å². The highest BCUT2D eigenvalue weighted by Crippen LogP contribution is 2.36. The number of benzene rings is 2. The van der Waals surface area contributed by atoms with Crippen LogP contribution < -0.4 is 10.1 Å². The minimum absolute atomic E-state index is 0.364. The Morgan fingerprint density at radius 3 is 2.62 bits per heavy atom. The molecule has 21 heavy (non-hydrogen) atoms. The number of ether oxygens (including phenoxy) is 1. The SMILES string of the molecule is CCNC(c1cc(Cl)ccc1OC)c1c(F)cccc1Cl. The maximum absolute atomic E-state index is 14.2. The second-order valence-corrected chi connectivity index (χ2v) is 5.36. The smallest absolute Gasteiger partial charge is 0.129 e. The summed E-state index contributed by atoms with van der Waals surface area (Å²) < 4.78 is 19.6. The first-order valence-corrected chi connectivity index (χ1v) is 7.34. The number of halogens is 3. The summed E-state index contributed by atoms with van der Waals surface area (Å²) >= 11 is 12.3. The van der Waals surface area contributed by atoms with Gasteiger partial charge in [-0.2, -0.15) is 0 Å². The number of hydrogen-bond donors (Lipinski definition) is 1. The van der Waals surface area contributed by atoms with Crippen LogP contribution in [0.3, 0.4) is 0 Å². The summed E-state index contributed by atoms with van der Waals surface area (Å²) in [6, 6.07) is 9.46. The minimum Gasteiger partial charge on any atom is -0.496 e. The third-order valence-electron chi connectivity index (χ3n) is 3.20. The molecule has 1 unspecified atom stereocenters. The molecule has 1 atom stereocenters. The Kier molecular flexibility index (Phi) is 5.45. The molecule has 0 fully saturated rings. The number of methoxy groups -OCH3 is 1. The fourth-order valence-electron chi connectivity index (χ4n) is 2.29. The van der Waals surface area contributed by atoms with E-state index in [1.807, 2.05) is 6.92 Å². The lowest BCUT2D eigenvalue weighted by Gasteiger charge is -2.23. The van der Waals surface area contributed by atoms with E-state index in [2.05, 4.69) is 5.32 Å². The molecule has 2 aromatic carbocycles. The molecule has 2 nitrogen and oxygen atoms in total. The third-order valence-corrected chi connectivity index (χ3v) is 3.76. The topological polar surface area (TPSA) is 21.3 Å². The zero-order valence-corrected chi connectivity index (χ0v) is 13.3. The molecule has 0 spiro atoms. The molecule has 0 radical (unpaired) electrons. The molecule has 0 aromatic heterocycles. The Bertz CT molecular complexity index is 613. The Morgan fingerprint density at radius 1 is 1.24 bits per heavy atom. The van der Waals surface area contributed by atoms with Crippen molar-refractivity contribution in [2.75, 3.05) is 13.7 Å². The zero-order chi connectivity index (χ0) is 15.4. The van der Waals surface area contributed by atoms with Crippen molar-refractivity contribution in [3.8, 4) is 5.75 Å². The average Bonchev–Trinajstić information content (AvgIpc) is 2.46. The van der Waals surface area contributed by atoms with Gasteiger partial charge in [-0.25, -0.2) is 4.39 Å². The lowest BCUT2D eigenvalue weighted by Crippen LogP contribution is -2.24. The van der Waals surface area contributed by atoms with Gasteiger partial charge in [0, 0.05) is 21.2 Å². The summed E-state index contributed by atoms with van der Waals surface area (Å²) in [7, 11) is 1.57. The van der Waals surface area contributed by atoms with E-state index in [9.17, 15) is 4.39 Å². The maximum atomic E-state index is 14.2. The predicted molar refractivity (Wildman–Crippen MR) is 84.9 cm³/mol. The van der Waals surface area contributed by atoms with Gasteiger partial charge in [0.15, 0.2) is 0 Å². The molecule has 2 aromatic rings. The summed E-state index contributed by atoms with van der Waals surface area (Å²) in [5.41, 5.74) is 1.14. The molecule has 0 aliphatic heterocycles. The van der Waals surface area contributed by atoms with Crippen molar-refractivity contribution < 1.29 is 9.13 Å². The monoisotopic (exact) mass is 327 g/mol. The van der Waals surface area contributed by atoms with Gasteiger partial charge in [-0.1, -0.05) is 36.2 Å². The standard InChI is InChI=1S/C16H16Cl2FNO/c1-3-20-16(15-12(18)5-4-6-13(15)19)11-9-10(17)7-8-14(11)21-2/h4-9,16,20H,3H2,1-2H3. The average molecular weight is 328 g/mol. The van der Waals surface area contributed by atoms with Crippen molar-refractivity contribution >= 4 is 23.2 Å². The van der Waals surface area contributed by atoms with Crippen molar-refractivity contribution in [3.63, 3.8) is 0 Å². The maximum Gasteiger partial charge on any atom is 0.129 e. The van der Waals surface area contributed by atoms with E-state index in [1.54, 1.807) is 37.4 Å². The summed E-state index contributed by atoms with van der Waals surface area (Å²) in [5, 5.41) is 4.16. The van der Waals surface area contributed by atoms with Crippen LogP contribution >= 0.6 is 23.2 Å². The number of rotatable bonds is 5. The molecule has 0 aliphatic rings. The molecule has 5 heteroatoms. The third kappa shape index (κ3) is 3.49. The van der Waals surface area contributed by atoms with Gasteiger partial charge in [0.2, 0.25) is 0 Å². The van der Waals surface area contributed by atoms with Crippen LogP contribution in [-0.2, 0) is 0 Å². The normalized spacial score (nSPS) is 12.2. The predicted octanol–water partition coefficient (Wildman–Crippen LogP) is 4.84. The van der Waals surface area contributed by atoms with E-state index in [1.165, 1.54) is 6.07 Å². The van der Waals surface area contributed by atoms with Crippen LogP contribution in [0.1, 0.15) is 24.1 Å². The molecular weight excluding hydrogens is 312 g/mol. The van der Waals surface area contributed by atoms with Gasteiger partial charge < -0.3 is 10.1 Å². The largest absolute Gasteiger partial charge is 0.496 e. The van der Waals surface area contributed by atoms with Gasteiger partial charge in [0.25, 0.3) is 0 Å². The molecular formula is C16H16Cl2FNO. The number of hydrogen-bond acceptors (Lipinski definition) is 2. The highest BCUT2D eigenvalue weighted by Gasteiger charge is 2.23. The second kappa shape index (κ2) is 7.12. The molecule has 112 valence electrons. The van der Waals surface area contributed by atoms with Crippen LogP contribution in [0.5, 0.6) is 5.75 Å².